The highest BCUT2D eigenvalue weighted by Crippen LogP contribution is 2.34. The van der Waals surface area contributed by atoms with Gasteiger partial charge in [-0.1, -0.05) is 17.8 Å². The monoisotopic (exact) mass is 404 g/mol. The zero-order valence-corrected chi connectivity index (χ0v) is 17.4. The summed E-state index contributed by atoms with van der Waals surface area (Å²) in [6.45, 7) is 4.47. The van der Waals surface area contributed by atoms with Crippen molar-refractivity contribution in [1.29, 1.82) is 0 Å². The molecule has 0 saturated carbocycles. The lowest BCUT2D eigenvalue weighted by molar-refractivity contribution is 0.246. The van der Waals surface area contributed by atoms with E-state index < -0.39 is 0 Å². The molecule has 8 heteroatoms. The second kappa shape index (κ2) is 9.14. The third kappa shape index (κ3) is 4.16. The van der Waals surface area contributed by atoms with Gasteiger partial charge in [0.15, 0.2) is 16.7 Å². The Morgan fingerprint density at radius 3 is 2.64 bits per heavy atom. The number of hydrogen-bond donors (Lipinski definition) is 0. The Hall–Kier alpha value is -2.48. The number of hydrogen-bond acceptors (Lipinski definition) is 6. The van der Waals surface area contributed by atoms with E-state index in [0.717, 1.165) is 36.2 Å². The number of anilines is 1. The van der Waals surface area contributed by atoms with Crippen LogP contribution in [0.3, 0.4) is 0 Å². The van der Waals surface area contributed by atoms with Crippen LogP contribution in [0, 0.1) is 5.82 Å². The van der Waals surface area contributed by atoms with Gasteiger partial charge in [-0.05, 0) is 31.4 Å². The van der Waals surface area contributed by atoms with E-state index in [2.05, 4.69) is 21.7 Å². The van der Waals surface area contributed by atoms with Gasteiger partial charge in [0.25, 0.3) is 0 Å². The van der Waals surface area contributed by atoms with Crippen LogP contribution >= 0.6 is 11.8 Å². The Morgan fingerprint density at radius 2 is 2.07 bits per heavy atom. The van der Waals surface area contributed by atoms with Crippen molar-refractivity contribution in [2.45, 2.75) is 13.0 Å². The Bertz CT molecular complexity index is 825. The summed E-state index contributed by atoms with van der Waals surface area (Å²) in [4.78, 5) is 13.3. The van der Waals surface area contributed by atoms with E-state index in [4.69, 9.17) is 14.5 Å². The van der Waals surface area contributed by atoms with Crippen molar-refractivity contribution in [3.05, 3.63) is 42.3 Å². The molecule has 0 aliphatic carbocycles. The van der Waals surface area contributed by atoms with Crippen molar-refractivity contribution in [1.82, 2.24) is 9.88 Å². The highest BCUT2D eigenvalue weighted by molar-refractivity contribution is 8.13. The molecule has 0 unspecified atom stereocenters. The number of halogens is 1. The lowest BCUT2D eigenvalue weighted by Gasteiger charge is -2.47. The molecule has 1 aliphatic heterocycles. The summed E-state index contributed by atoms with van der Waals surface area (Å²) in [5.74, 6) is 0.523. The van der Waals surface area contributed by atoms with Gasteiger partial charge < -0.3 is 19.3 Å². The number of amidine groups is 1. The van der Waals surface area contributed by atoms with E-state index in [-0.39, 0.29) is 11.9 Å². The number of benzene rings is 1. The molecule has 0 bridgehead atoms. The number of para-hydroxylation sites is 1. The number of aromatic nitrogens is 1. The molecule has 0 spiro atoms. The number of likely N-dealkylation sites (tertiary alicyclic amines) is 1. The number of ether oxygens (including phenoxy) is 2. The van der Waals surface area contributed by atoms with Crippen LogP contribution in [0.2, 0.25) is 0 Å². The predicted molar refractivity (Wildman–Crippen MR) is 113 cm³/mol. The average molecular weight is 405 g/mol. The van der Waals surface area contributed by atoms with E-state index in [0.29, 0.717) is 11.6 Å². The van der Waals surface area contributed by atoms with Crippen LogP contribution in [0.4, 0.5) is 15.8 Å². The van der Waals surface area contributed by atoms with Gasteiger partial charge in [0.05, 0.1) is 37.8 Å². The van der Waals surface area contributed by atoms with Crippen molar-refractivity contribution >= 4 is 28.3 Å². The van der Waals surface area contributed by atoms with Gasteiger partial charge in [0, 0.05) is 25.7 Å². The number of likely N-dealkylation sites (N-methyl/N-ethyl adjacent to an activating group) is 1. The minimum atomic E-state index is -0.340. The fourth-order valence-electron chi connectivity index (χ4n) is 3.27. The number of methoxy groups -OCH3 is 2. The number of pyridine rings is 1. The van der Waals surface area contributed by atoms with Crippen molar-refractivity contribution in [3.63, 3.8) is 0 Å². The molecule has 0 N–H and O–H groups in total. The zero-order valence-electron chi connectivity index (χ0n) is 16.6. The highest BCUT2D eigenvalue weighted by atomic mass is 32.2. The zero-order chi connectivity index (χ0) is 20.1. The van der Waals surface area contributed by atoms with Gasteiger partial charge in [-0.2, -0.15) is 0 Å². The topological polar surface area (TPSA) is 50.2 Å². The molecule has 1 aromatic carbocycles. The Labute approximate surface area is 169 Å². The van der Waals surface area contributed by atoms with Gasteiger partial charge >= 0.3 is 0 Å². The molecule has 1 fully saturated rings. The Morgan fingerprint density at radius 1 is 1.29 bits per heavy atom. The maximum Gasteiger partial charge on any atom is 0.213 e. The van der Waals surface area contributed by atoms with E-state index in [1.165, 1.54) is 13.2 Å². The van der Waals surface area contributed by atoms with Crippen LogP contribution in [-0.4, -0.2) is 61.2 Å². The maximum absolute atomic E-state index is 14.1. The smallest absolute Gasteiger partial charge is 0.213 e. The van der Waals surface area contributed by atoms with Crippen LogP contribution < -0.4 is 14.4 Å². The van der Waals surface area contributed by atoms with Gasteiger partial charge in [-0.25, -0.2) is 14.4 Å². The fraction of sp³-hybridized carbons (Fsp3) is 0.400. The first-order valence-electron chi connectivity index (χ1n) is 9.08. The summed E-state index contributed by atoms with van der Waals surface area (Å²) in [7, 11) is 3.09. The molecule has 6 nitrogen and oxygen atoms in total. The Balaban J connectivity index is 1.72. The number of rotatable bonds is 6. The van der Waals surface area contributed by atoms with E-state index in [9.17, 15) is 4.39 Å². The molecule has 1 saturated heterocycles. The van der Waals surface area contributed by atoms with Crippen LogP contribution in [0.15, 0.2) is 41.5 Å². The molecule has 150 valence electrons. The van der Waals surface area contributed by atoms with Gasteiger partial charge in [0.1, 0.15) is 0 Å². The molecule has 0 radical (unpaired) electrons. The first-order chi connectivity index (χ1) is 13.6. The summed E-state index contributed by atoms with van der Waals surface area (Å²) < 4.78 is 24.5. The standard InChI is InChI=1S/C20H25FN4O2S/c1-5-25(17-8-6-7-16(21)19(17)27-3)15-12-24(13-15)20(28-4)23-14-9-10-18(26-2)22-11-14/h6-11,15H,5,12-13H2,1-4H3/b23-20+. The molecular formula is C20H25FN4O2S. The first kappa shape index (κ1) is 20.3. The van der Waals surface area contributed by atoms with Crippen molar-refractivity contribution in [3.8, 4) is 11.6 Å². The van der Waals surface area contributed by atoms with Crippen LogP contribution in [0.1, 0.15) is 6.92 Å². The van der Waals surface area contributed by atoms with E-state index in [1.54, 1.807) is 37.2 Å². The van der Waals surface area contributed by atoms with E-state index >= 15 is 0 Å². The summed E-state index contributed by atoms with van der Waals surface area (Å²) in [6, 6.07) is 9.00. The first-order valence-corrected chi connectivity index (χ1v) is 10.3. The summed E-state index contributed by atoms with van der Waals surface area (Å²) in [5, 5.41) is 0.936. The summed E-state index contributed by atoms with van der Waals surface area (Å²) in [5.41, 5.74) is 1.57. The normalized spacial score (nSPS) is 14.6. The molecule has 3 rings (SSSR count). The highest BCUT2D eigenvalue weighted by Gasteiger charge is 2.34. The lowest BCUT2D eigenvalue weighted by Crippen LogP contribution is -2.60. The van der Waals surface area contributed by atoms with E-state index in [1.807, 2.05) is 18.4 Å². The molecule has 1 aromatic heterocycles. The Kier molecular flexibility index (Phi) is 6.61. The fourth-order valence-corrected chi connectivity index (χ4v) is 3.88. The summed E-state index contributed by atoms with van der Waals surface area (Å²) >= 11 is 1.60. The summed E-state index contributed by atoms with van der Waals surface area (Å²) in [6.07, 6.45) is 3.71. The molecule has 0 amide bonds. The van der Waals surface area contributed by atoms with Crippen molar-refractivity contribution in [2.75, 3.05) is 45.0 Å². The average Bonchev–Trinajstić information content (AvgIpc) is 2.69. The predicted octanol–water partition coefficient (Wildman–Crippen LogP) is 3.80. The lowest BCUT2D eigenvalue weighted by atomic mass is 10.1. The van der Waals surface area contributed by atoms with Crippen LogP contribution in [-0.2, 0) is 0 Å². The third-order valence-corrected chi connectivity index (χ3v) is 5.43. The molecule has 0 atom stereocenters. The number of nitrogens with zero attached hydrogens (tertiary/aromatic N) is 4. The van der Waals surface area contributed by atoms with Gasteiger partial charge in [-0.3, -0.25) is 0 Å². The van der Waals surface area contributed by atoms with Crippen LogP contribution in [0.5, 0.6) is 11.6 Å². The molecule has 2 heterocycles. The van der Waals surface area contributed by atoms with Crippen LogP contribution in [0.25, 0.3) is 0 Å². The maximum atomic E-state index is 14.1. The molecule has 2 aromatic rings. The van der Waals surface area contributed by atoms with Crippen molar-refractivity contribution < 1.29 is 13.9 Å². The SMILES string of the molecule is CCN(c1cccc(F)c1OC)C1CN(/C(=N\c2ccc(OC)nc2)SC)C1. The number of thioether (sulfide) groups is 1. The minimum absolute atomic E-state index is 0.270. The largest absolute Gasteiger partial charge is 0.492 e. The second-order valence-corrected chi connectivity index (χ2v) is 7.07. The second-order valence-electron chi connectivity index (χ2n) is 6.29. The minimum Gasteiger partial charge on any atom is -0.492 e. The molecule has 28 heavy (non-hydrogen) atoms. The number of aliphatic imine (C=N–C) groups is 1. The van der Waals surface area contributed by atoms with Gasteiger partial charge in [-0.15, -0.1) is 0 Å². The third-order valence-electron chi connectivity index (χ3n) is 4.71. The quantitative estimate of drug-likeness (QED) is 0.539. The molecule has 1 aliphatic rings. The molecular weight excluding hydrogens is 379 g/mol. The van der Waals surface area contributed by atoms with Crippen molar-refractivity contribution in [2.24, 2.45) is 4.99 Å². The van der Waals surface area contributed by atoms with Gasteiger partial charge in [0.2, 0.25) is 5.88 Å².